The van der Waals surface area contributed by atoms with Crippen LogP contribution in [-0.4, -0.2) is 6.29 Å². The maximum absolute atomic E-state index is 10.0. The molecule has 0 atom stereocenters. The van der Waals surface area contributed by atoms with Crippen molar-refractivity contribution in [3.63, 3.8) is 0 Å². The van der Waals surface area contributed by atoms with Gasteiger partial charge in [0.25, 0.3) is 0 Å². The highest BCUT2D eigenvalue weighted by Gasteiger charge is 1.95. The Labute approximate surface area is 130 Å². The van der Waals surface area contributed by atoms with E-state index in [-0.39, 0.29) is 0 Å². The van der Waals surface area contributed by atoms with Crippen LogP contribution in [0.15, 0.2) is 78.9 Å². The summed E-state index contributed by atoms with van der Waals surface area (Å²) in [6.07, 6.45) is 0.833. The van der Waals surface area contributed by atoms with E-state index >= 15 is 0 Å². The molecule has 0 heterocycles. The molecule has 0 bridgehead atoms. The number of aldehydes is 1. The summed E-state index contributed by atoms with van der Waals surface area (Å²) in [5, 5.41) is 0. The van der Waals surface area contributed by atoms with E-state index in [1.165, 1.54) is 0 Å². The molecule has 0 saturated carbocycles. The van der Waals surface area contributed by atoms with Crippen molar-refractivity contribution in [2.75, 3.05) is 11.5 Å². The molecule has 3 heteroatoms. The minimum atomic E-state index is 0.729. The van der Waals surface area contributed by atoms with Gasteiger partial charge in [-0.2, -0.15) is 0 Å². The molecule has 4 N–H and O–H groups in total. The lowest BCUT2D eigenvalue weighted by molar-refractivity contribution is 0.112. The Hall–Kier alpha value is -3.07. The first-order valence-corrected chi connectivity index (χ1v) is 6.91. The van der Waals surface area contributed by atoms with Crippen LogP contribution in [0.3, 0.4) is 0 Å². The van der Waals surface area contributed by atoms with Gasteiger partial charge in [-0.3, -0.25) is 4.79 Å². The number of rotatable bonds is 2. The van der Waals surface area contributed by atoms with Crippen molar-refractivity contribution in [2.24, 2.45) is 0 Å². The van der Waals surface area contributed by atoms with Crippen molar-refractivity contribution in [3.05, 3.63) is 84.4 Å². The van der Waals surface area contributed by atoms with Gasteiger partial charge in [-0.1, -0.05) is 54.6 Å². The Kier molecular flexibility index (Phi) is 5.32. The Balaban J connectivity index is 0.000000188. The number of anilines is 2. The Morgan fingerprint density at radius 1 is 0.591 bits per heavy atom. The fourth-order valence-corrected chi connectivity index (χ4v) is 1.88. The lowest BCUT2D eigenvalue weighted by Crippen LogP contribution is -1.85. The standard InChI is InChI=1S/C12H12N2.C7H6O/c13-11-5-1-9(2-6-11)10-3-7-12(14)8-4-10;8-6-7-4-2-1-3-5-7/h1-8H,13-14H2;1-6H. The average molecular weight is 290 g/mol. The highest BCUT2D eigenvalue weighted by atomic mass is 16.1. The van der Waals surface area contributed by atoms with Crippen LogP contribution < -0.4 is 11.5 Å². The molecule has 0 spiro atoms. The van der Waals surface area contributed by atoms with Crippen LogP contribution in [0.5, 0.6) is 0 Å². The average Bonchev–Trinajstić information content (AvgIpc) is 2.58. The zero-order chi connectivity index (χ0) is 15.8. The summed E-state index contributed by atoms with van der Waals surface area (Å²) in [5.41, 5.74) is 15.8. The number of nitrogen functional groups attached to an aromatic ring is 2. The van der Waals surface area contributed by atoms with Gasteiger partial charge in [-0.25, -0.2) is 0 Å². The summed E-state index contributed by atoms with van der Waals surface area (Å²) in [5.74, 6) is 0. The monoisotopic (exact) mass is 290 g/mol. The van der Waals surface area contributed by atoms with E-state index in [1.807, 2.05) is 66.7 Å². The van der Waals surface area contributed by atoms with Crippen LogP contribution in [0.4, 0.5) is 11.4 Å². The maximum Gasteiger partial charge on any atom is 0.150 e. The van der Waals surface area contributed by atoms with Crippen molar-refractivity contribution in [2.45, 2.75) is 0 Å². The molecule has 22 heavy (non-hydrogen) atoms. The number of carbonyl (C=O) groups excluding carboxylic acids is 1. The third kappa shape index (κ3) is 4.49. The number of benzene rings is 3. The molecule has 0 aromatic heterocycles. The highest BCUT2D eigenvalue weighted by Crippen LogP contribution is 2.21. The number of nitrogens with two attached hydrogens (primary N) is 2. The predicted molar refractivity (Wildman–Crippen MR) is 92.5 cm³/mol. The smallest absolute Gasteiger partial charge is 0.150 e. The number of hydrogen-bond donors (Lipinski definition) is 2. The molecule has 0 saturated heterocycles. The minimum absolute atomic E-state index is 0.729. The summed E-state index contributed by atoms with van der Waals surface area (Å²) in [7, 11) is 0. The van der Waals surface area contributed by atoms with Crippen LogP contribution >= 0.6 is 0 Å². The second-order valence-corrected chi connectivity index (χ2v) is 4.77. The van der Waals surface area contributed by atoms with Gasteiger partial charge in [0, 0.05) is 16.9 Å². The van der Waals surface area contributed by atoms with E-state index in [2.05, 4.69) is 0 Å². The van der Waals surface area contributed by atoms with Crippen LogP contribution in [-0.2, 0) is 0 Å². The Morgan fingerprint density at radius 2 is 1.00 bits per heavy atom. The molecule has 0 fully saturated rings. The topological polar surface area (TPSA) is 69.1 Å². The van der Waals surface area contributed by atoms with E-state index in [1.54, 1.807) is 12.1 Å². The van der Waals surface area contributed by atoms with Crippen molar-refractivity contribution in [1.82, 2.24) is 0 Å². The first-order chi connectivity index (χ1) is 10.7. The first-order valence-electron chi connectivity index (χ1n) is 6.91. The molecular weight excluding hydrogens is 272 g/mol. The van der Waals surface area contributed by atoms with Gasteiger partial charge in [-0.05, 0) is 35.4 Å². The van der Waals surface area contributed by atoms with Crippen molar-refractivity contribution >= 4 is 17.7 Å². The van der Waals surface area contributed by atoms with Crippen molar-refractivity contribution in [3.8, 4) is 11.1 Å². The molecule has 0 amide bonds. The minimum Gasteiger partial charge on any atom is -0.399 e. The summed E-state index contributed by atoms with van der Waals surface area (Å²) < 4.78 is 0. The fraction of sp³-hybridized carbons (Fsp3) is 0. The summed E-state index contributed by atoms with van der Waals surface area (Å²) in [4.78, 5) is 10.0. The molecule has 3 rings (SSSR count). The normalized spacial score (nSPS) is 9.45. The van der Waals surface area contributed by atoms with Crippen molar-refractivity contribution in [1.29, 1.82) is 0 Å². The van der Waals surface area contributed by atoms with Gasteiger partial charge in [0.2, 0.25) is 0 Å². The number of hydrogen-bond acceptors (Lipinski definition) is 3. The van der Waals surface area contributed by atoms with Gasteiger partial charge >= 0.3 is 0 Å². The van der Waals surface area contributed by atoms with E-state index in [4.69, 9.17) is 11.5 Å². The van der Waals surface area contributed by atoms with Crippen molar-refractivity contribution < 1.29 is 4.79 Å². The quantitative estimate of drug-likeness (QED) is 0.553. The van der Waals surface area contributed by atoms with Gasteiger partial charge < -0.3 is 11.5 Å². The van der Waals surface area contributed by atoms with Gasteiger partial charge in [-0.15, -0.1) is 0 Å². The van der Waals surface area contributed by atoms with E-state index < -0.39 is 0 Å². The molecule has 0 aliphatic carbocycles. The molecule has 0 radical (unpaired) electrons. The van der Waals surface area contributed by atoms with E-state index in [9.17, 15) is 4.79 Å². The zero-order valence-corrected chi connectivity index (χ0v) is 12.1. The van der Waals surface area contributed by atoms with E-state index in [0.29, 0.717) is 0 Å². The maximum atomic E-state index is 10.0. The molecule has 3 aromatic carbocycles. The summed E-state index contributed by atoms with van der Waals surface area (Å²) in [6.45, 7) is 0. The molecule has 3 aromatic rings. The highest BCUT2D eigenvalue weighted by molar-refractivity contribution is 5.74. The van der Waals surface area contributed by atoms with Gasteiger partial charge in [0.05, 0.1) is 0 Å². The lowest BCUT2D eigenvalue weighted by atomic mass is 10.1. The van der Waals surface area contributed by atoms with Crippen LogP contribution in [0, 0.1) is 0 Å². The second kappa shape index (κ2) is 7.64. The largest absolute Gasteiger partial charge is 0.399 e. The third-order valence-electron chi connectivity index (χ3n) is 3.09. The van der Waals surface area contributed by atoms with Gasteiger partial charge in [0.15, 0.2) is 0 Å². The lowest BCUT2D eigenvalue weighted by Gasteiger charge is -2.02. The summed E-state index contributed by atoms with van der Waals surface area (Å²) in [6, 6.07) is 24.7. The van der Waals surface area contributed by atoms with Gasteiger partial charge in [0.1, 0.15) is 6.29 Å². The van der Waals surface area contributed by atoms with Crippen LogP contribution in [0.25, 0.3) is 11.1 Å². The van der Waals surface area contributed by atoms with E-state index in [0.717, 1.165) is 34.4 Å². The predicted octanol–water partition coefficient (Wildman–Crippen LogP) is 4.02. The number of carbonyl (C=O) groups is 1. The third-order valence-corrected chi connectivity index (χ3v) is 3.09. The Bertz CT molecular complexity index is 661. The molecule has 0 aliphatic rings. The first kappa shape index (κ1) is 15.3. The molecule has 0 aliphatic heterocycles. The molecule has 110 valence electrons. The van der Waals surface area contributed by atoms with Crippen LogP contribution in [0.1, 0.15) is 10.4 Å². The van der Waals surface area contributed by atoms with Crippen LogP contribution in [0.2, 0.25) is 0 Å². The summed E-state index contributed by atoms with van der Waals surface area (Å²) >= 11 is 0. The Morgan fingerprint density at radius 3 is 1.32 bits per heavy atom. The SMILES string of the molecule is Nc1ccc(-c2ccc(N)cc2)cc1.O=Cc1ccccc1. The second-order valence-electron chi connectivity index (χ2n) is 4.77. The molecule has 3 nitrogen and oxygen atoms in total. The fourth-order valence-electron chi connectivity index (χ4n) is 1.88. The molecular formula is C19H18N2O. The molecule has 0 unspecified atom stereocenters. The zero-order valence-electron chi connectivity index (χ0n) is 12.1.